The van der Waals surface area contributed by atoms with Crippen molar-refractivity contribution in [1.82, 2.24) is 4.90 Å². The number of carbonyl (C=O) groups is 5. The second-order valence-electron chi connectivity index (χ2n) is 7.97. The van der Waals surface area contributed by atoms with Crippen LogP contribution in [0, 0.1) is 11.8 Å². The third-order valence-corrected chi connectivity index (χ3v) is 5.32. The highest BCUT2D eigenvalue weighted by molar-refractivity contribution is 5.94. The molecule has 1 aliphatic heterocycles. The van der Waals surface area contributed by atoms with Crippen LogP contribution in [0.1, 0.15) is 59.3 Å². The Kier molecular flexibility index (Phi) is 12.5. The highest BCUT2D eigenvalue weighted by Crippen LogP contribution is 2.26. The third kappa shape index (κ3) is 9.76. The summed E-state index contributed by atoms with van der Waals surface area (Å²) >= 11 is 0. The number of aliphatic hydroxyl groups excluding tert-OH is 1. The number of nitrogens with zero attached hydrogens (tertiary/aromatic N) is 1. The number of likely N-dealkylation sites (tertiary alicyclic amines) is 1. The molecule has 32 heavy (non-hydrogen) atoms. The van der Waals surface area contributed by atoms with E-state index in [1.165, 1.54) is 6.92 Å². The first kappa shape index (κ1) is 27.5. The lowest BCUT2D eigenvalue weighted by Gasteiger charge is -2.28. The normalized spacial score (nSPS) is 16.2. The number of ether oxygens (including phenoxy) is 3. The summed E-state index contributed by atoms with van der Waals surface area (Å²) in [5.74, 6) is -3.26. The van der Waals surface area contributed by atoms with Crippen molar-refractivity contribution in [3.8, 4) is 0 Å². The Balaban J connectivity index is 2.73. The molecule has 0 saturated carbocycles. The van der Waals surface area contributed by atoms with E-state index in [1.54, 1.807) is 11.8 Å². The van der Waals surface area contributed by atoms with Crippen LogP contribution in [0.4, 0.5) is 0 Å². The first-order valence-corrected chi connectivity index (χ1v) is 11.1. The molecule has 3 unspecified atom stereocenters. The van der Waals surface area contributed by atoms with Crippen molar-refractivity contribution in [3.05, 3.63) is 0 Å². The third-order valence-electron chi connectivity index (χ3n) is 5.32. The first-order chi connectivity index (χ1) is 15.2. The molecule has 0 aliphatic carbocycles. The summed E-state index contributed by atoms with van der Waals surface area (Å²) in [5, 5.41) is 8.87. The van der Waals surface area contributed by atoms with Crippen molar-refractivity contribution in [3.63, 3.8) is 0 Å². The summed E-state index contributed by atoms with van der Waals surface area (Å²) < 4.78 is 15.1. The fourth-order valence-electron chi connectivity index (χ4n) is 3.67. The number of rotatable bonds is 15. The van der Waals surface area contributed by atoms with Crippen molar-refractivity contribution in [2.45, 2.75) is 65.3 Å². The topological polar surface area (TPSA) is 137 Å². The van der Waals surface area contributed by atoms with Crippen LogP contribution < -0.4 is 0 Å². The molecule has 10 heteroatoms. The zero-order valence-electron chi connectivity index (χ0n) is 19.2. The van der Waals surface area contributed by atoms with Crippen molar-refractivity contribution < 1.29 is 43.3 Å². The molecule has 1 N–H and O–H groups in total. The second kappa shape index (κ2) is 14.5. The van der Waals surface area contributed by atoms with E-state index in [-0.39, 0.29) is 57.0 Å². The van der Waals surface area contributed by atoms with Crippen molar-refractivity contribution in [2.75, 3.05) is 33.0 Å². The first-order valence-electron chi connectivity index (χ1n) is 11.1. The van der Waals surface area contributed by atoms with E-state index in [1.807, 2.05) is 6.92 Å². The number of ketones is 1. The van der Waals surface area contributed by atoms with Gasteiger partial charge in [0.25, 0.3) is 0 Å². The highest BCUT2D eigenvalue weighted by Gasteiger charge is 2.33. The zero-order valence-corrected chi connectivity index (χ0v) is 19.2. The maximum atomic E-state index is 12.8. The standard InChI is InChI=1S/C22H35NO9/c1-4-17(21(28)31-9-8-24)14-18(12-15(2)23-7-5-6-19(23)26)22(29)32-11-10-30-20(27)13-16(3)25/h15,17-18,24H,4-14H2,1-3H3. The predicted molar refractivity (Wildman–Crippen MR) is 112 cm³/mol. The number of hydrogen-bond acceptors (Lipinski definition) is 9. The van der Waals surface area contributed by atoms with Gasteiger partial charge in [-0.1, -0.05) is 6.92 Å². The van der Waals surface area contributed by atoms with Crippen LogP contribution in [-0.2, 0) is 38.2 Å². The van der Waals surface area contributed by atoms with Crippen molar-refractivity contribution in [1.29, 1.82) is 0 Å². The molecule has 1 heterocycles. The molecule has 3 atom stereocenters. The molecule has 1 rings (SSSR count). The molecular weight excluding hydrogens is 422 g/mol. The number of carbonyl (C=O) groups excluding carboxylic acids is 5. The molecule has 182 valence electrons. The fourth-order valence-corrected chi connectivity index (χ4v) is 3.67. The van der Waals surface area contributed by atoms with E-state index in [4.69, 9.17) is 19.3 Å². The molecule has 10 nitrogen and oxygen atoms in total. The number of hydrogen-bond donors (Lipinski definition) is 1. The highest BCUT2D eigenvalue weighted by atomic mass is 16.6. The number of Topliss-reactive ketones (excluding diaryl/α,β-unsaturated/α-hetero) is 1. The minimum absolute atomic E-state index is 0.0383. The van der Waals surface area contributed by atoms with Crippen LogP contribution in [0.2, 0.25) is 0 Å². The van der Waals surface area contributed by atoms with E-state index < -0.39 is 29.7 Å². The lowest BCUT2D eigenvalue weighted by molar-refractivity contribution is -0.158. The van der Waals surface area contributed by atoms with Crippen molar-refractivity contribution in [2.24, 2.45) is 11.8 Å². The van der Waals surface area contributed by atoms with E-state index >= 15 is 0 Å². The van der Waals surface area contributed by atoms with Gasteiger partial charge in [-0.25, -0.2) is 0 Å². The van der Waals surface area contributed by atoms with Crippen molar-refractivity contribution >= 4 is 29.6 Å². The Bertz CT molecular complexity index is 664. The van der Waals surface area contributed by atoms with Gasteiger partial charge < -0.3 is 24.2 Å². The van der Waals surface area contributed by atoms with Gasteiger partial charge in [-0.2, -0.15) is 0 Å². The molecule has 0 aromatic rings. The largest absolute Gasteiger partial charge is 0.463 e. The van der Waals surface area contributed by atoms with Gasteiger partial charge in [-0.3, -0.25) is 24.0 Å². The Hall–Kier alpha value is -2.49. The molecule has 1 fully saturated rings. The van der Waals surface area contributed by atoms with Gasteiger partial charge >= 0.3 is 17.9 Å². The molecular formula is C22H35NO9. The monoisotopic (exact) mass is 457 g/mol. The van der Waals surface area contributed by atoms with Crippen LogP contribution in [0.3, 0.4) is 0 Å². The van der Waals surface area contributed by atoms with Crippen LogP contribution in [0.15, 0.2) is 0 Å². The summed E-state index contributed by atoms with van der Waals surface area (Å²) in [6, 6.07) is -0.207. The smallest absolute Gasteiger partial charge is 0.313 e. The minimum atomic E-state index is -0.691. The van der Waals surface area contributed by atoms with Gasteiger partial charge in [0.05, 0.1) is 18.4 Å². The van der Waals surface area contributed by atoms with Gasteiger partial charge in [0.15, 0.2) is 0 Å². The fraction of sp³-hybridized carbons (Fsp3) is 0.773. The molecule has 0 radical (unpaired) electrons. The molecule has 1 aliphatic rings. The lowest BCUT2D eigenvalue weighted by atomic mass is 9.88. The van der Waals surface area contributed by atoms with E-state index in [0.717, 1.165) is 6.42 Å². The Labute approximate surface area is 188 Å². The number of esters is 3. The number of amides is 1. The quantitative estimate of drug-likeness (QED) is 0.165. The molecule has 1 saturated heterocycles. The second-order valence-corrected chi connectivity index (χ2v) is 7.97. The van der Waals surface area contributed by atoms with E-state index in [2.05, 4.69) is 0 Å². The maximum Gasteiger partial charge on any atom is 0.313 e. The average Bonchev–Trinajstić information content (AvgIpc) is 3.17. The zero-order chi connectivity index (χ0) is 24.1. The van der Waals surface area contributed by atoms with E-state index in [0.29, 0.717) is 25.8 Å². The summed E-state index contributed by atoms with van der Waals surface area (Å²) in [6.07, 6.45) is 1.85. The summed E-state index contributed by atoms with van der Waals surface area (Å²) in [7, 11) is 0. The van der Waals surface area contributed by atoms with Crippen LogP contribution in [-0.4, -0.2) is 78.6 Å². The molecule has 1 amide bonds. The van der Waals surface area contributed by atoms with Gasteiger partial charge in [0.1, 0.15) is 32.0 Å². The average molecular weight is 458 g/mol. The van der Waals surface area contributed by atoms with E-state index in [9.17, 15) is 24.0 Å². The SMILES string of the molecule is CCC(CC(CC(C)N1CCCC1=O)C(=O)OCCOC(=O)CC(C)=O)C(=O)OCCO. The van der Waals surface area contributed by atoms with Crippen LogP contribution in [0.25, 0.3) is 0 Å². The minimum Gasteiger partial charge on any atom is -0.463 e. The Morgan fingerprint density at radius 1 is 1.00 bits per heavy atom. The summed E-state index contributed by atoms with van der Waals surface area (Å²) in [6.45, 7) is 4.80. The van der Waals surface area contributed by atoms with Gasteiger partial charge in [-0.05, 0) is 39.5 Å². The summed E-state index contributed by atoms with van der Waals surface area (Å²) in [5.41, 5.74) is 0. The van der Waals surface area contributed by atoms with Crippen LogP contribution >= 0.6 is 0 Å². The number of aliphatic hydroxyl groups is 1. The summed E-state index contributed by atoms with van der Waals surface area (Å²) in [4.78, 5) is 61.2. The van der Waals surface area contributed by atoms with Gasteiger partial charge in [0.2, 0.25) is 5.91 Å². The Morgan fingerprint density at radius 3 is 2.19 bits per heavy atom. The predicted octanol–water partition coefficient (Wildman–Crippen LogP) is 1.02. The van der Waals surface area contributed by atoms with Gasteiger partial charge in [-0.15, -0.1) is 0 Å². The molecule has 0 aromatic carbocycles. The molecule has 0 spiro atoms. The maximum absolute atomic E-state index is 12.8. The molecule has 0 aromatic heterocycles. The van der Waals surface area contributed by atoms with Gasteiger partial charge in [0, 0.05) is 19.0 Å². The van der Waals surface area contributed by atoms with Crippen LogP contribution in [0.5, 0.6) is 0 Å². The Morgan fingerprint density at radius 2 is 1.62 bits per heavy atom. The molecule has 0 bridgehead atoms. The lowest BCUT2D eigenvalue weighted by Crippen LogP contribution is -2.38.